The van der Waals surface area contributed by atoms with Crippen LogP contribution in [0.15, 0.2) is 29.4 Å². The van der Waals surface area contributed by atoms with Gasteiger partial charge >= 0.3 is 0 Å². The molecule has 1 aliphatic rings. The number of anilines is 1. The first-order chi connectivity index (χ1) is 15.6. The highest BCUT2D eigenvalue weighted by Crippen LogP contribution is 2.38. The van der Waals surface area contributed by atoms with E-state index in [0.29, 0.717) is 15.7 Å². The Bertz CT molecular complexity index is 1380. The molecular formula is C23H22N6OS2. The van der Waals surface area contributed by atoms with Crippen LogP contribution in [0.25, 0.3) is 22.1 Å². The van der Waals surface area contributed by atoms with Gasteiger partial charge in [0.25, 0.3) is 0 Å². The van der Waals surface area contributed by atoms with E-state index in [1.165, 1.54) is 28.0 Å². The monoisotopic (exact) mass is 462 g/mol. The lowest BCUT2D eigenvalue weighted by molar-refractivity contribution is -0.115. The highest BCUT2D eigenvalue weighted by Gasteiger charge is 2.24. The lowest BCUT2D eigenvalue weighted by Gasteiger charge is -2.10. The first kappa shape index (κ1) is 20.9. The van der Waals surface area contributed by atoms with Crippen LogP contribution in [0.2, 0.25) is 0 Å². The van der Waals surface area contributed by atoms with Crippen molar-refractivity contribution in [3.8, 4) is 6.07 Å². The molecule has 1 aliphatic carbocycles. The summed E-state index contributed by atoms with van der Waals surface area (Å²) in [5.74, 6) is -0.162. The summed E-state index contributed by atoms with van der Waals surface area (Å²) in [5, 5.41) is 23.0. The summed E-state index contributed by atoms with van der Waals surface area (Å²) in [7, 11) is 0. The molecule has 0 spiro atoms. The van der Waals surface area contributed by atoms with Gasteiger partial charge in [-0.05, 0) is 51.2 Å². The van der Waals surface area contributed by atoms with Gasteiger partial charge in [-0.15, -0.1) is 21.5 Å². The zero-order valence-corrected chi connectivity index (χ0v) is 19.5. The third-order valence-corrected chi connectivity index (χ3v) is 8.00. The average Bonchev–Trinajstić information content (AvgIpc) is 3.32. The maximum atomic E-state index is 12.9. The third kappa shape index (κ3) is 3.53. The number of nitrogens with zero attached hydrogens (tertiary/aromatic N) is 5. The van der Waals surface area contributed by atoms with Crippen molar-refractivity contribution >= 4 is 56.1 Å². The number of para-hydroxylation sites is 1. The van der Waals surface area contributed by atoms with E-state index in [1.807, 2.05) is 25.1 Å². The Balaban J connectivity index is 1.38. The first-order valence-corrected chi connectivity index (χ1v) is 12.4. The molecule has 1 amide bonds. The van der Waals surface area contributed by atoms with Gasteiger partial charge in [0, 0.05) is 16.8 Å². The molecule has 1 atom stereocenters. The van der Waals surface area contributed by atoms with Crippen molar-refractivity contribution in [2.45, 2.75) is 56.5 Å². The van der Waals surface area contributed by atoms with Crippen LogP contribution in [0.4, 0.5) is 5.00 Å². The molecule has 3 aromatic heterocycles. The van der Waals surface area contributed by atoms with Crippen LogP contribution in [0, 0.1) is 11.3 Å². The summed E-state index contributed by atoms with van der Waals surface area (Å²) in [6.07, 6.45) is 4.14. The largest absolute Gasteiger partial charge is 0.324 e. The maximum Gasteiger partial charge on any atom is 0.238 e. The molecular weight excluding hydrogens is 440 g/mol. The number of aromatic nitrogens is 4. The number of benzene rings is 1. The minimum atomic E-state index is -0.431. The predicted molar refractivity (Wildman–Crippen MR) is 128 cm³/mol. The number of nitriles is 1. The maximum absolute atomic E-state index is 12.9. The third-order valence-electron chi connectivity index (χ3n) is 5.84. The fraction of sp³-hybridized carbons (Fsp3) is 0.348. The van der Waals surface area contributed by atoms with Gasteiger partial charge in [-0.2, -0.15) is 5.26 Å². The van der Waals surface area contributed by atoms with Crippen molar-refractivity contribution in [1.29, 1.82) is 5.26 Å². The zero-order valence-electron chi connectivity index (χ0n) is 17.9. The van der Waals surface area contributed by atoms with Gasteiger partial charge in [0.2, 0.25) is 11.1 Å². The molecule has 1 unspecified atom stereocenters. The van der Waals surface area contributed by atoms with Crippen molar-refractivity contribution in [2.75, 3.05) is 5.32 Å². The van der Waals surface area contributed by atoms with Gasteiger partial charge in [-0.3, -0.25) is 4.79 Å². The Labute approximate surface area is 193 Å². The second-order valence-corrected chi connectivity index (χ2v) is 10.2. The predicted octanol–water partition coefficient (Wildman–Crippen LogP) is 4.93. The van der Waals surface area contributed by atoms with E-state index in [-0.39, 0.29) is 5.91 Å². The van der Waals surface area contributed by atoms with Crippen LogP contribution in [-0.4, -0.2) is 30.9 Å². The lowest BCUT2D eigenvalue weighted by atomic mass is 9.96. The normalized spacial score (nSPS) is 14.3. The molecule has 0 fully saturated rings. The van der Waals surface area contributed by atoms with Crippen LogP contribution in [0.5, 0.6) is 0 Å². The fourth-order valence-corrected chi connectivity index (χ4v) is 6.21. The Morgan fingerprint density at radius 2 is 2.12 bits per heavy atom. The summed E-state index contributed by atoms with van der Waals surface area (Å²) < 4.78 is 2.11. The van der Waals surface area contributed by atoms with Crippen LogP contribution in [0.3, 0.4) is 0 Å². The molecule has 4 aromatic rings. The van der Waals surface area contributed by atoms with Crippen molar-refractivity contribution < 1.29 is 4.79 Å². The smallest absolute Gasteiger partial charge is 0.238 e. The number of aryl methyl sites for hydroxylation is 2. The topological polar surface area (TPSA) is 96.5 Å². The second kappa shape index (κ2) is 8.52. The van der Waals surface area contributed by atoms with Crippen molar-refractivity contribution in [2.24, 2.45) is 0 Å². The molecule has 162 valence electrons. The Kier molecular flexibility index (Phi) is 5.57. The summed E-state index contributed by atoms with van der Waals surface area (Å²) in [4.78, 5) is 18.9. The number of hydrogen-bond donors (Lipinski definition) is 1. The molecule has 0 radical (unpaired) electrons. The first-order valence-electron chi connectivity index (χ1n) is 10.7. The molecule has 0 saturated carbocycles. The van der Waals surface area contributed by atoms with E-state index in [4.69, 9.17) is 4.98 Å². The van der Waals surface area contributed by atoms with Crippen LogP contribution < -0.4 is 5.32 Å². The summed E-state index contributed by atoms with van der Waals surface area (Å²) in [6.45, 7) is 4.66. The Morgan fingerprint density at radius 3 is 2.94 bits per heavy atom. The SMILES string of the molecule is CCn1c2ccccc2c2nnc(SC(C)C(=O)Nc3sc4c(c3C#N)CCCC4)nc21. The van der Waals surface area contributed by atoms with Gasteiger partial charge < -0.3 is 9.88 Å². The average molecular weight is 463 g/mol. The highest BCUT2D eigenvalue weighted by molar-refractivity contribution is 8.00. The molecule has 1 aromatic carbocycles. The van der Waals surface area contributed by atoms with Gasteiger partial charge in [0.15, 0.2) is 5.65 Å². The molecule has 3 heterocycles. The highest BCUT2D eigenvalue weighted by atomic mass is 32.2. The number of hydrogen-bond acceptors (Lipinski definition) is 7. The lowest BCUT2D eigenvalue weighted by Crippen LogP contribution is -2.22. The Morgan fingerprint density at radius 1 is 1.31 bits per heavy atom. The van der Waals surface area contributed by atoms with E-state index in [2.05, 4.69) is 39.1 Å². The minimum Gasteiger partial charge on any atom is -0.324 e. The standard InChI is InChI=1S/C23H22N6OS2/c1-3-29-17-10-6-4-9-15(17)19-20(29)25-23(28-27-19)31-13(2)21(30)26-22-16(12-24)14-8-5-7-11-18(14)32-22/h4,6,9-10,13H,3,5,7-8,11H2,1-2H3,(H,26,30). The summed E-state index contributed by atoms with van der Waals surface area (Å²) >= 11 is 2.81. The molecule has 32 heavy (non-hydrogen) atoms. The molecule has 9 heteroatoms. The number of amides is 1. The number of nitrogens with one attached hydrogen (secondary N) is 1. The molecule has 0 bridgehead atoms. The van der Waals surface area contributed by atoms with E-state index < -0.39 is 5.25 Å². The van der Waals surface area contributed by atoms with E-state index in [9.17, 15) is 10.1 Å². The van der Waals surface area contributed by atoms with Crippen LogP contribution in [-0.2, 0) is 24.2 Å². The number of carbonyl (C=O) groups excluding carboxylic acids is 1. The van der Waals surface area contributed by atoms with Gasteiger partial charge in [-0.25, -0.2) is 4.98 Å². The second-order valence-electron chi connectivity index (χ2n) is 7.80. The van der Waals surface area contributed by atoms with Gasteiger partial charge in [-0.1, -0.05) is 30.0 Å². The Hall–Kier alpha value is -2.96. The van der Waals surface area contributed by atoms with E-state index in [1.54, 1.807) is 0 Å². The van der Waals surface area contributed by atoms with Crippen molar-refractivity contribution in [3.05, 3.63) is 40.3 Å². The summed E-state index contributed by atoms with van der Waals surface area (Å²) in [5.41, 5.74) is 4.36. The number of fused-ring (bicyclic) bond motifs is 4. The van der Waals surface area contributed by atoms with E-state index in [0.717, 1.165) is 59.9 Å². The van der Waals surface area contributed by atoms with E-state index >= 15 is 0 Å². The minimum absolute atomic E-state index is 0.162. The molecule has 7 nitrogen and oxygen atoms in total. The van der Waals surface area contributed by atoms with Gasteiger partial charge in [0.1, 0.15) is 16.6 Å². The molecule has 0 aliphatic heterocycles. The number of carbonyl (C=O) groups is 1. The quantitative estimate of drug-likeness (QED) is 0.422. The number of thioether (sulfide) groups is 1. The molecule has 1 N–H and O–H groups in total. The fourth-order valence-electron chi connectivity index (χ4n) is 4.26. The molecule has 5 rings (SSSR count). The van der Waals surface area contributed by atoms with Crippen LogP contribution in [0.1, 0.15) is 42.7 Å². The zero-order chi connectivity index (χ0) is 22.2. The summed E-state index contributed by atoms with van der Waals surface area (Å²) in [6, 6.07) is 10.4. The molecule has 0 saturated heterocycles. The van der Waals surface area contributed by atoms with Crippen molar-refractivity contribution in [3.63, 3.8) is 0 Å². The van der Waals surface area contributed by atoms with Crippen molar-refractivity contribution in [1.82, 2.24) is 19.7 Å². The number of thiophene rings is 1. The van der Waals surface area contributed by atoms with Gasteiger partial charge in [0.05, 0.1) is 16.3 Å². The number of rotatable bonds is 5. The van der Waals surface area contributed by atoms with Crippen LogP contribution >= 0.6 is 23.1 Å².